The van der Waals surface area contributed by atoms with Gasteiger partial charge in [0.2, 0.25) is 11.8 Å². The summed E-state index contributed by atoms with van der Waals surface area (Å²) in [5.41, 5.74) is 3.36. The van der Waals surface area contributed by atoms with E-state index in [-0.39, 0.29) is 24.0 Å². The van der Waals surface area contributed by atoms with Crippen LogP contribution < -0.4 is 30.1 Å². The van der Waals surface area contributed by atoms with E-state index in [0.717, 1.165) is 5.56 Å². The van der Waals surface area contributed by atoms with Crippen LogP contribution in [-0.2, 0) is 19.2 Å². The number of aryl methyl sites for hydroxylation is 1. The third-order valence-electron chi connectivity index (χ3n) is 7.80. The van der Waals surface area contributed by atoms with Crippen molar-refractivity contribution in [3.05, 3.63) is 114 Å². The number of para-hydroxylation sites is 3. The molecule has 4 aromatic rings. The number of urea groups is 1. The third-order valence-corrected chi connectivity index (χ3v) is 7.80. The molecule has 0 aliphatic rings. The van der Waals surface area contributed by atoms with Crippen molar-refractivity contribution in [3.8, 4) is 5.75 Å². The normalized spacial score (nSPS) is 11.1. The number of carbonyl (C=O) groups is 5. The summed E-state index contributed by atoms with van der Waals surface area (Å²) >= 11 is 0. The summed E-state index contributed by atoms with van der Waals surface area (Å²) in [5.74, 6) is -2.99. The molecule has 49 heavy (non-hydrogen) atoms. The van der Waals surface area contributed by atoms with Crippen LogP contribution in [0.15, 0.2) is 103 Å². The van der Waals surface area contributed by atoms with Gasteiger partial charge in [0.1, 0.15) is 12.3 Å². The maximum Gasteiger partial charge on any atom is 0.319 e. The van der Waals surface area contributed by atoms with Gasteiger partial charge in [-0.3, -0.25) is 24.1 Å². The molecule has 3 N–H and O–H groups in total. The van der Waals surface area contributed by atoms with Crippen molar-refractivity contribution < 1.29 is 33.8 Å². The van der Waals surface area contributed by atoms with Crippen molar-refractivity contribution in [2.75, 3.05) is 53.8 Å². The number of anilines is 4. The van der Waals surface area contributed by atoms with Crippen molar-refractivity contribution in [1.29, 1.82) is 0 Å². The molecule has 0 radical (unpaired) electrons. The van der Waals surface area contributed by atoms with Crippen LogP contribution in [-0.4, -0.2) is 68.6 Å². The Kier molecular flexibility index (Phi) is 12.1. The number of likely N-dealkylation sites (N-methyl/N-ethyl adjacent to an activating group) is 2. The van der Waals surface area contributed by atoms with E-state index in [2.05, 4.69) is 10.6 Å². The van der Waals surface area contributed by atoms with E-state index < -0.39 is 42.8 Å². The van der Waals surface area contributed by atoms with Gasteiger partial charge in [0.05, 0.1) is 18.2 Å². The third kappa shape index (κ3) is 9.67. The van der Waals surface area contributed by atoms with Crippen LogP contribution in [0.25, 0.3) is 0 Å². The molecule has 12 heteroatoms. The van der Waals surface area contributed by atoms with Gasteiger partial charge in [-0.25, -0.2) is 4.79 Å². The molecule has 0 aliphatic carbocycles. The number of carboxylic acids is 1. The van der Waals surface area contributed by atoms with Crippen LogP contribution in [0.4, 0.5) is 27.5 Å². The largest absolute Gasteiger partial charge is 0.482 e. The standard InChI is InChI=1S/C37H39N5O7/c1-25-12-10-17-30(20-25)41(4)35(45)24-49-32-19-9-8-18-31(32)42(23-34(44)40(3)29-15-6-5-7-16-29)33(43)22-38-37(48)39-28-14-11-13-27(21-28)26(2)36(46)47/h5-21,26H,22-24H2,1-4H3,(H,46,47)(H2,38,39,48). The number of carboxylic acid groups (broad SMARTS) is 1. The van der Waals surface area contributed by atoms with E-state index in [1.165, 1.54) is 27.7 Å². The fourth-order valence-electron chi connectivity index (χ4n) is 4.82. The number of ether oxygens (including phenoxy) is 1. The second-order valence-electron chi connectivity index (χ2n) is 11.3. The van der Waals surface area contributed by atoms with Crippen LogP contribution in [0, 0.1) is 6.92 Å². The molecule has 0 heterocycles. The minimum atomic E-state index is -1.01. The molecular formula is C37H39N5O7. The summed E-state index contributed by atoms with van der Waals surface area (Å²) in [6, 6.07) is 28.6. The second-order valence-corrected chi connectivity index (χ2v) is 11.3. The zero-order valence-corrected chi connectivity index (χ0v) is 27.8. The number of amides is 5. The predicted octanol–water partition coefficient (Wildman–Crippen LogP) is 5.04. The van der Waals surface area contributed by atoms with Gasteiger partial charge >= 0.3 is 12.0 Å². The molecule has 1 unspecified atom stereocenters. The number of nitrogens with zero attached hydrogens (tertiary/aromatic N) is 3. The van der Waals surface area contributed by atoms with Crippen molar-refractivity contribution in [1.82, 2.24) is 5.32 Å². The van der Waals surface area contributed by atoms with Gasteiger partial charge in [0, 0.05) is 31.2 Å². The van der Waals surface area contributed by atoms with Gasteiger partial charge in [-0.15, -0.1) is 0 Å². The summed E-state index contributed by atoms with van der Waals surface area (Å²) in [4.78, 5) is 68.6. The minimum Gasteiger partial charge on any atom is -0.482 e. The highest BCUT2D eigenvalue weighted by molar-refractivity contribution is 6.06. The van der Waals surface area contributed by atoms with Gasteiger partial charge in [-0.05, 0) is 73.5 Å². The molecule has 0 saturated heterocycles. The number of carbonyl (C=O) groups excluding carboxylic acids is 4. The molecule has 5 amide bonds. The quantitative estimate of drug-likeness (QED) is 0.181. The Labute approximate surface area is 284 Å². The number of hydrogen-bond acceptors (Lipinski definition) is 6. The van der Waals surface area contributed by atoms with E-state index in [1.54, 1.807) is 80.8 Å². The van der Waals surface area contributed by atoms with E-state index in [0.29, 0.717) is 22.6 Å². The smallest absolute Gasteiger partial charge is 0.319 e. The molecule has 4 aromatic carbocycles. The fraction of sp³-hybridized carbons (Fsp3) is 0.216. The van der Waals surface area contributed by atoms with Crippen LogP contribution in [0.2, 0.25) is 0 Å². The minimum absolute atomic E-state index is 0.186. The van der Waals surface area contributed by atoms with E-state index >= 15 is 0 Å². The van der Waals surface area contributed by atoms with Crippen molar-refractivity contribution >= 4 is 52.5 Å². The highest BCUT2D eigenvalue weighted by Crippen LogP contribution is 2.29. The first-order valence-electron chi connectivity index (χ1n) is 15.5. The molecule has 12 nitrogen and oxygen atoms in total. The van der Waals surface area contributed by atoms with Crippen molar-refractivity contribution in [2.45, 2.75) is 19.8 Å². The molecule has 254 valence electrons. The molecule has 0 aliphatic heterocycles. The van der Waals surface area contributed by atoms with Gasteiger partial charge in [0.15, 0.2) is 6.61 Å². The average molecular weight is 666 g/mol. The van der Waals surface area contributed by atoms with Gasteiger partial charge in [-0.1, -0.05) is 54.6 Å². The predicted molar refractivity (Wildman–Crippen MR) is 188 cm³/mol. The summed E-state index contributed by atoms with van der Waals surface area (Å²) < 4.78 is 5.93. The summed E-state index contributed by atoms with van der Waals surface area (Å²) in [6.07, 6.45) is 0. The lowest BCUT2D eigenvalue weighted by atomic mass is 10.0. The molecule has 0 saturated carbocycles. The Balaban J connectivity index is 1.52. The molecule has 1 atom stereocenters. The zero-order valence-electron chi connectivity index (χ0n) is 27.8. The molecule has 0 spiro atoms. The van der Waals surface area contributed by atoms with E-state index in [1.807, 2.05) is 37.3 Å². The fourth-order valence-corrected chi connectivity index (χ4v) is 4.82. The summed E-state index contributed by atoms with van der Waals surface area (Å²) in [7, 11) is 3.23. The van der Waals surface area contributed by atoms with Gasteiger partial charge < -0.3 is 30.3 Å². The van der Waals surface area contributed by atoms with Crippen LogP contribution in [0.3, 0.4) is 0 Å². The Morgan fingerprint density at radius 1 is 0.755 bits per heavy atom. The lowest BCUT2D eigenvalue weighted by Crippen LogP contribution is -2.46. The van der Waals surface area contributed by atoms with E-state index in [4.69, 9.17) is 4.74 Å². The van der Waals surface area contributed by atoms with Gasteiger partial charge in [-0.2, -0.15) is 0 Å². The molecule has 4 rings (SSSR count). The van der Waals surface area contributed by atoms with Crippen LogP contribution in [0.5, 0.6) is 5.75 Å². The monoisotopic (exact) mass is 665 g/mol. The van der Waals surface area contributed by atoms with Crippen LogP contribution in [0.1, 0.15) is 24.0 Å². The highest BCUT2D eigenvalue weighted by Gasteiger charge is 2.26. The average Bonchev–Trinajstić information content (AvgIpc) is 3.11. The van der Waals surface area contributed by atoms with Crippen molar-refractivity contribution in [3.63, 3.8) is 0 Å². The summed E-state index contributed by atoms with van der Waals surface area (Å²) in [6.45, 7) is 2.21. The number of hydrogen-bond donors (Lipinski definition) is 3. The van der Waals surface area contributed by atoms with E-state index in [9.17, 15) is 29.1 Å². The number of aliphatic carboxylic acids is 1. The molecule has 0 fully saturated rings. The number of rotatable bonds is 13. The Bertz CT molecular complexity index is 1810. The lowest BCUT2D eigenvalue weighted by Gasteiger charge is -2.27. The van der Waals surface area contributed by atoms with Crippen LogP contribution >= 0.6 is 0 Å². The number of nitrogens with one attached hydrogen (secondary N) is 2. The van der Waals surface area contributed by atoms with Crippen molar-refractivity contribution in [2.24, 2.45) is 0 Å². The maximum atomic E-state index is 13.7. The Morgan fingerprint density at radius 3 is 2.12 bits per heavy atom. The Morgan fingerprint density at radius 2 is 1.41 bits per heavy atom. The second kappa shape index (κ2) is 16.6. The SMILES string of the molecule is Cc1cccc(N(C)C(=O)COc2ccccc2N(CC(=O)N(C)c2ccccc2)C(=O)CNC(=O)Nc2cccc(C(C)C(=O)O)c2)c1. The number of benzene rings is 4. The highest BCUT2D eigenvalue weighted by atomic mass is 16.5. The zero-order chi connectivity index (χ0) is 35.5. The molecule has 0 aromatic heterocycles. The summed E-state index contributed by atoms with van der Waals surface area (Å²) in [5, 5.41) is 14.4. The van der Waals surface area contributed by atoms with Gasteiger partial charge in [0.25, 0.3) is 5.91 Å². The Hall–Kier alpha value is -6.17. The topological polar surface area (TPSA) is 149 Å². The maximum absolute atomic E-state index is 13.7. The first kappa shape index (κ1) is 35.7. The molecular weight excluding hydrogens is 626 g/mol. The molecule has 0 bridgehead atoms. The lowest BCUT2D eigenvalue weighted by molar-refractivity contribution is -0.138. The first-order chi connectivity index (χ1) is 23.4. The first-order valence-corrected chi connectivity index (χ1v) is 15.5.